The summed E-state index contributed by atoms with van der Waals surface area (Å²) in [6.07, 6.45) is 7.42. The van der Waals surface area contributed by atoms with Crippen LogP contribution < -0.4 is 5.32 Å². The number of nitrogens with one attached hydrogen (secondary N) is 1. The van der Waals surface area contributed by atoms with Gasteiger partial charge in [-0.05, 0) is 42.9 Å². The summed E-state index contributed by atoms with van der Waals surface area (Å²) >= 11 is 0. The molecule has 24 heavy (non-hydrogen) atoms. The van der Waals surface area contributed by atoms with Gasteiger partial charge in [-0.1, -0.05) is 44.9 Å². The van der Waals surface area contributed by atoms with Gasteiger partial charge >= 0.3 is 0 Å². The number of allylic oxidation sites excluding steroid dienone is 1. The number of fused-ring (bicyclic) bond motifs is 1. The molecule has 2 amide bonds. The molecule has 1 atom stereocenters. The number of piperidine rings is 1. The second kappa shape index (κ2) is 7.20. The summed E-state index contributed by atoms with van der Waals surface area (Å²) in [5.74, 6) is -0.123. The number of hydrogen-bond donors (Lipinski definition) is 1. The van der Waals surface area contributed by atoms with Crippen molar-refractivity contribution in [1.82, 2.24) is 10.2 Å². The third-order valence-corrected chi connectivity index (χ3v) is 5.02. The fraction of sp³-hybridized carbons (Fsp3) is 0.500. The van der Waals surface area contributed by atoms with E-state index in [9.17, 15) is 9.59 Å². The molecule has 4 heteroatoms. The SMILES string of the molecule is C=C1CCC(N2Cc3cc(CCCCCC)ccc3C2=O)C(=O)N1. The summed E-state index contributed by atoms with van der Waals surface area (Å²) in [4.78, 5) is 26.6. The van der Waals surface area contributed by atoms with E-state index >= 15 is 0 Å². The average molecular weight is 326 g/mol. The standard InChI is InChI=1S/C20H26N2O2/c1-3-4-5-6-7-15-9-10-17-16(12-15)13-22(20(17)24)18-11-8-14(2)21-19(18)23/h9-10,12,18H,2-8,11,13H2,1H3,(H,21,23). The first-order chi connectivity index (χ1) is 11.6. The van der Waals surface area contributed by atoms with Crippen LogP contribution in [0.25, 0.3) is 0 Å². The van der Waals surface area contributed by atoms with Gasteiger partial charge in [-0.3, -0.25) is 9.59 Å². The molecule has 0 saturated carbocycles. The Bertz CT molecular complexity index is 666. The molecule has 2 aliphatic heterocycles. The third kappa shape index (κ3) is 3.37. The molecule has 1 N–H and O–H groups in total. The Kier molecular flexibility index (Phi) is 5.03. The zero-order valence-corrected chi connectivity index (χ0v) is 14.4. The molecule has 2 aliphatic rings. The van der Waals surface area contributed by atoms with Crippen LogP contribution in [-0.2, 0) is 17.8 Å². The molecule has 0 aliphatic carbocycles. The Labute approximate surface area is 143 Å². The molecule has 0 aromatic heterocycles. The monoisotopic (exact) mass is 326 g/mol. The van der Waals surface area contributed by atoms with Crippen LogP contribution in [0.4, 0.5) is 0 Å². The van der Waals surface area contributed by atoms with Gasteiger partial charge in [-0.15, -0.1) is 0 Å². The molecule has 1 aromatic rings. The van der Waals surface area contributed by atoms with Gasteiger partial charge < -0.3 is 10.2 Å². The van der Waals surface area contributed by atoms with Crippen molar-refractivity contribution >= 4 is 11.8 Å². The fourth-order valence-corrected chi connectivity index (χ4v) is 3.62. The molecule has 3 rings (SSSR count). The summed E-state index contributed by atoms with van der Waals surface area (Å²) in [6.45, 7) is 6.56. The Morgan fingerprint density at radius 1 is 1.25 bits per heavy atom. The Hall–Kier alpha value is -2.10. The predicted octanol–water partition coefficient (Wildman–Crippen LogP) is 3.56. The minimum absolute atomic E-state index is 0.0183. The van der Waals surface area contributed by atoms with Crippen molar-refractivity contribution in [3.8, 4) is 0 Å². The number of benzene rings is 1. The van der Waals surface area contributed by atoms with Crippen LogP contribution in [-0.4, -0.2) is 22.8 Å². The molecule has 4 nitrogen and oxygen atoms in total. The summed E-state index contributed by atoms with van der Waals surface area (Å²) in [5.41, 5.74) is 3.85. The summed E-state index contributed by atoms with van der Waals surface area (Å²) in [7, 11) is 0. The lowest BCUT2D eigenvalue weighted by Crippen LogP contribution is -2.49. The van der Waals surface area contributed by atoms with E-state index in [1.54, 1.807) is 4.90 Å². The highest BCUT2D eigenvalue weighted by molar-refractivity contribution is 6.01. The van der Waals surface area contributed by atoms with E-state index in [4.69, 9.17) is 0 Å². The number of rotatable bonds is 6. The summed E-state index contributed by atoms with van der Waals surface area (Å²) in [6, 6.07) is 5.78. The summed E-state index contributed by atoms with van der Waals surface area (Å²) in [5, 5.41) is 2.78. The van der Waals surface area contributed by atoms with Crippen molar-refractivity contribution in [2.45, 2.75) is 64.5 Å². The Morgan fingerprint density at radius 2 is 2.08 bits per heavy atom. The highest BCUT2D eigenvalue weighted by atomic mass is 16.2. The Morgan fingerprint density at radius 3 is 2.83 bits per heavy atom. The van der Waals surface area contributed by atoms with Crippen molar-refractivity contribution in [2.75, 3.05) is 0 Å². The van der Waals surface area contributed by atoms with E-state index in [2.05, 4.69) is 31.0 Å². The highest BCUT2D eigenvalue weighted by Crippen LogP contribution is 2.29. The number of nitrogens with zero attached hydrogens (tertiary/aromatic N) is 1. The van der Waals surface area contributed by atoms with Crippen LogP contribution in [0.2, 0.25) is 0 Å². The van der Waals surface area contributed by atoms with Crippen molar-refractivity contribution in [2.24, 2.45) is 0 Å². The van der Waals surface area contributed by atoms with Crippen molar-refractivity contribution < 1.29 is 9.59 Å². The van der Waals surface area contributed by atoms with E-state index in [0.717, 1.165) is 29.7 Å². The molecule has 0 radical (unpaired) electrons. The number of carbonyl (C=O) groups is 2. The molecule has 128 valence electrons. The molecule has 1 unspecified atom stereocenters. The van der Waals surface area contributed by atoms with E-state index in [0.29, 0.717) is 13.0 Å². The van der Waals surface area contributed by atoms with Gasteiger partial charge in [0.15, 0.2) is 0 Å². The van der Waals surface area contributed by atoms with Gasteiger partial charge in [-0.25, -0.2) is 0 Å². The second-order valence-electron chi connectivity index (χ2n) is 6.88. The lowest BCUT2D eigenvalue weighted by molar-refractivity contribution is -0.126. The molecule has 1 saturated heterocycles. The number of unbranched alkanes of at least 4 members (excludes halogenated alkanes) is 3. The molecule has 1 aromatic carbocycles. The number of carbonyl (C=O) groups excluding carboxylic acids is 2. The van der Waals surface area contributed by atoms with Crippen molar-refractivity contribution in [1.29, 1.82) is 0 Å². The van der Waals surface area contributed by atoms with Crippen molar-refractivity contribution in [3.63, 3.8) is 0 Å². The van der Waals surface area contributed by atoms with Crippen LogP contribution >= 0.6 is 0 Å². The van der Waals surface area contributed by atoms with Crippen LogP contribution in [0.1, 0.15) is 66.9 Å². The first kappa shape index (κ1) is 16.7. The van der Waals surface area contributed by atoms with Crippen LogP contribution in [0.5, 0.6) is 0 Å². The van der Waals surface area contributed by atoms with Gasteiger partial charge in [0.2, 0.25) is 5.91 Å². The maximum Gasteiger partial charge on any atom is 0.255 e. The second-order valence-corrected chi connectivity index (χ2v) is 6.88. The van der Waals surface area contributed by atoms with Gasteiger partial charge in [0.25, 0.3) is 5.91 Å². The molecule has 2 heterocycles. The Balaban J connectivity index is 1.68. The zero-order chi connectivity index (χ0) is 17.1. The molecule has 0 bridgehead atoms. The first-order valence-corrected chi connectivity index (χ1v) is 9.01. The lowest BCUT2D eigenvalue weighted by atomic mass is 10.0. The first-order valence-electron chi connectivity index (χ1n) is 9.01. The molecular weight excluding hydrogens is 300 g/mol. The van der Waals surface area contributed by atoms with Crippen molar-refractivity contribution in [3.05, 3.63) is 47.2 Å². The normalized spacial score (nSPS) is 20.3. The molecule has 1 fully saturated rings. The molecular formula is C20H26N2O2. The van der Waals surface area contributed by atoms with Gasteiger partial charge in [0.05, 0.1) is 0 Å². The largest absolute Gasteiger partial charge is 0.329 e. The minimum atomic E-state index is -0.372. The third-order valence-electron chi connectivity index (χ3n) is 5.02. The van der Waals surface area contributed by atoms with Crippen LogP contribution in [0.15, 0.2) is 30.5 Å². The quantitative estimate of drug-likeness (QED) is 0.813. The van der Waals surface area contributed by atoms with Crippen LogP contribution in [0.3, 0.4) is 0 Å². The maximum atomic E-state index is 12.7. The predicted molar refractivity (Wildman–Crippen MR) is 94.5 cm³/mol. The van der Waals surface area contributed by atoms with Gasteiger partial charge in [0, 0.05) is 17.8 Å². The fourth-order valence-electron chi connectivity index (χ4n) is 3.62. The average Bonchev–Trinajstić information content (AvgIpc) is 2.88. The smallest absolute Gasteiger partial charge is 0.255 e. The minimum Gasteiger partial charge on any atom is -0.329 e. The van der Waals surface area contributed by atoms with Gasteiger partial charge in [0.1, 0.15) is 6.04 Å². The van der Waals surface area contributed by atoms with E-state index in [-0.39, 0.29) is 17.9 Å². The van der Waals surface area contributed by atoms with Gasteiger partial charge in [-0.2, -0.15) is 0 Å². The highest BCUT2D eigenvalue weighted by Gasteiger charge is 2.37. The van der Waals surface area contributed by atoms with E-state index in [1.807, 2.05) is 6.07 Å². The number of amides is 2. The lowest BCUT2D eigenvalue weighted by Gasteiger charge is -2.30. The summed E-state index contributed by atoms with van der Waals surface area (Å²) < 4.78 is 0. The molecule has 0 spiro atoms. The maximum absolute atomic E-state index is 12.7. The van der Waals surface area contributed by atoms with E-state index < -0.39 is 0 Å². The topological polar surface area (TPSA) is 49.4 Å². The zero-order valence-electron chi connectivity index (χ0n) is 14.4. The number of hydrogen-bond acceptors (Lipinski definition) is 2. The number of aryl methyl sites for hydroxylation is 1. The van der Waals surface area contributed by atoms with E-state index in [1.165, 1.54) is 31.2 Å². The van der Waals surface area contributed by atoms with Crippen LogP contribution in [0, 0.1) is 0 Å².